The summed E-state index contributed by atoms with van der Waals surface area (Å²) in [4.78, 5) is 12.8. The number of rotatable bonds is 6. The highest BCUT2D eigenvalue weighted by atomic mass is 32.2. The number of anilines is 1. The third-order valence-electron chi connectivity index (χ3n) is 5.17. The number of amides is 1. The Balaban J connectivity index is 1.69. The fourth-order valence-corrected chi connectivity index (χ4v) is 4.63. The molecule has 31 heavy (non-hydrogen) atoms. The van der Waals surface area contributed by atoms with Gasteiger partial charge in [0.25, 0.3) is 10.0 Å². The number of aryl methyl sites for hydroxylation is 1. The van der Waals surface area contributed by atoms with Crippen LogP contribution in [0.25, 0.3) is 0 Å². The van der Waals surface area contributed by atoms with Gasteiger partial charge in [-0.25, -0.2) is 13.4 Å². The summed E-state index contributed by atoms with van der Waals surface area (Å²) < 4.78 is 34.1. The Morgan fingerprint density at radius 3 is 2.55 bits per heavy atom. The van der Waals surface area contributed by atoms with Gasteiger partial charge in [0, 0.05) is 18.4 Å². The molecule has 4 rings (SSSR count). The highest BCUT2D eigenvalue weighted by Crippen LogP contribution is 2.37. The molecule has 0 bridgehead atoms. The van der Waals surface area contributed by atoms with E-state index in [-0.39, 0.29) is 17.2 Å². The number of nitrogens with one attached hydrogen (secondary N) is 1. The second kappa shape index (κ2) is 8.39. The number of furan rings is 1. The number of carbonyl (C=O) groups is 1. The number of hydrogen-bond donors (Lipinski definition) is 1. The van der Waals surface area contributed by atoms with Crippen molar-refractivity contribution in [1.29, 1.82) is 0 Å². The molecule has 2 aromatic carbocycles. The fourth-order valence-electron chi connectivity index (χ4n) is 3.54. The average Bonchev–Trinajstić information content (AvgIpc) is 3.44. The molecule has 8 heteroatoms. The number of sulfonamides is 1. The molecule has 1 N–H and O–H groups in total. The quantitative estimate of drug-likeness (QED) is 0.616. The Hall–Kier alpha value is -3.39. The van der Waals surface area contributed by atoms with Gasteiger partial charge in [-0.2, -0.15) is 5.10 Å². The molecule has 0 saturated heterocycles. The van der Waals surface area contributed by atoms with E-state index in [1.54, 1.807) is 61.7 Å². The predicted octanol–water partition coefficient (Wildman–Crippen LogP) is 4.48. The highest BCUT2D eigenvalue weighted by molar-refractivity contribution is 7.92. The van der Waals surface area contributed by atoms with E-state index in [0.717, 1.165) is 5.56 Å². The van der Waals surface area contributed by atoms with Crippen LogP contribution in [0.2, 0.25) is 0 Å². The van der Waals surface area contributed by atoms with Gasteiger partial charge in [-0.1, -0.05) is 42.8 Å². The van der Waals surface area contributed by atoms with Gasteiger partial charge in [-0.3, -0.25) is 9.52 Å². The Morgan fingerprint density at radius 1 is 1.13 bits per heavy atom. The van der Waals surface area contributed by atoms with Crippen molar-refractivity contribution in [2.45, 2.75) is 37.6 Å². The summed E-state index contributed by atoms with van der Waals surface area (Å²) >= 11 is 0. The maximum atomic E-state index is 13.0. The van der Waals surface area contributed by atoms with Gasteiger partial charge in [-0.15, -0.1) is 0 Å². The van der Waals surface area contributed by atoms with Crippen molar-refractivity contribution in [1.82, 2.24) is 5.01 Å². The zero-order chi connectivity index (χ0) is 22.0. The van der Waals surface area contributed by atoms with E-state index in [1.165, 1.54) is 5.01 Å². The molecule has 0 spiro atoms. The van der Waals surface area contributed by atoms with Crippen LogP contribution in [-0.4, -0.2) is 25.0 Å². The molecule has 0 fully saturated rings. The molecular weight excluding hydrogens is 414 g/mol. The maximum absolute atomic E-state index is 13.0. The molecular formula is C23H23N3O4S. The zero-order valence-electron chi connectivity index (χ0n) is 17.3. The Labute approximate surface area is 181 Å². The van der Waals surface area contributed by atoms with E-state index in [1.807, 2.05) is 19.1 Å². The molecule has 0 unspecified atom stereocenters. The van der Waals surface area contributed by atoms with Crippen molar-refractivity contribution >= 4 is 27.3 Å². The molecule has 1 atom stereocenters. The van der Waals surface area contributed by atoms with Crippen molar-refractivity contribution in [2.24, 2.45) is 5.10 Å². The van der Waals surface area contributed by atoms with Crippen LogP contribution in [0.1, 0.15) is 42.7 Å². The molecule has 3 aromatic rings. The van der Waals surface area contributed by atoms with Crippen molar-refractivity contribution < 1.29 is 17.6 Å². The van der Waals surface area contributed by atoms with Crippen LogP contribution in [0.3, 0.4) is 0 Å². The van der Waals surface area contributed by atoms with Crippen LogP contribution in [0.4, 0.5) is 5.69 Å². The zero-order valence-corrected chi connectivity index (χ0v) is 18.1. The lowest BCUT2D eigenvalue weighted by molar-refractivity contribution is -0.132. The minimum Gasteiger partial charge on any atom is -0.463 e. The van der Waals surface area contributed by atoms with Crippen LogP contribution in [0, 0.1) is 6.92 Å². The lowest BCUT2D eigenvalue weighted by atomic mass is 9.99. The monoisotopic (exact) mass is 437 g/mol. The van der Waals surface area contributed by atoms with E-state index < -0.39 is 16.1 Å². The number of nitrogens with zero attached hydrogens (tertiary/aromatic N) is 2. The Morgan fingerprint density at radius 2 is 1.87 bits per heavy atom. The third-order valence-corrected chi connectivity index (χ3v) is 6.55. The lowest BCUT2D eigenvalue weighted by Gasteiger charge is -2.24. The summed E-state index contributed by atoms with van der Waals surface area (Å²) in [6, 6.07) is 16.8. The summed E-state index contributed by atoms with van der Waals surface area (Å²) in [5, 5.41) is 5.92. The summed E-state index contributed by atoms with van der Waals surface area (Å²) in [5.74, 6) is 0.442. The molecule has 0 radical (unpaired) electrons. The van der Waals surface area contributed by atoms with Gasteiger partial charge in [0.2, 0.25) is 5.91 Å². The van der Waals surface area contributed by atoms with Crippen molar-refractivity contribution in [3.8, 4) is 0 Å². The molecule has 0 aliphatic carbocycles. The molecule has 1 amide bonds. The lowest BCUT2D eigenvalue weighted by Crippen LogP contribution is -2.27. The summed E-state index contributed by atoms with van der Waals surface area (Å²) in [6.07, 6.45) is 2.26. The minimum atomic E-state index is -3.79. The second-order valence-corrected chi connectivity index (χ2v) is 9.02. The second-order valence-electron chi connectivity index (χ2n) is 7.34. The first-order chi connectivity index (χ1) is 14.9. The molecule has 1 aromatic heterocycles. The number of hydrogen-bond acceptors (Lipinski definition) is 5. The number of hydrazone groups is 1. The normalized spacial score (nSPS) is 16.3. The van der Waals surface area contributed by atoms with Crippen LogP contribution >= 0.6 is 0 Å². The van der Waals surface area contributed by atoms with E-state index >= 15 is 0 Å². The molecule has 2 heterocycles. The molecule has 160 valence electrons. The van der Waals surface area contributed by atoms with Gasteiger partial charge < -0.3 is 4.42 Å². The van der Waals surface area contributed by atoms with Gasteiger partial charge in [0.15, 0.2) is 0 Å². The molecule has 0 saturated carbocycles. The van der Waals surface area contributed by atoms with Crippen molar-refractivity contribution in [3.63, 3.8) is 0 Å². The minimum absolute atomic E-state index is 0.150. The topological polar surface area (TPSA) is 92.0 Å². The maximum Gasteiger partial charge on any atom is 0.261 e. The fraction of sp³-hybridized carbons (Fsp3) is 0.217. The van der Waals surface area contributed by atoms with Crippen molar-refractivity contribution in [3.05, 3.63) is 83.8 Å². The van der Waals surface area contributed by atoms with Crippen LogP contribution < -0.4 is 4.72 Å². The molecule has 7 nitrogen and oxygen atoms in total. The summed E-state index contributed by atoms with van der Waals surface area (Å²) in [6.45, 7) is 3.67. The standard InChI is InChI=1S/C23H23N3O4S/c1-3-23(27)26-21(15-20(24-26)22-9-6-14-30-22)18-7-4-5-8-19(18)25-31(28,29)17-12-10-16(2)11-13-17/h4-14,21,25H,3,15H2,1-2H3/t21-/m1/s1. The van der Waals surface area contributed by atoms with Gasteiger partial charge in [-0.05, 0) is 37.3 Å². The third kappa shape index (κ3) is 4.25. The van der Waals surface area contributed by atoms with E-state index in [0.29, 0.717) is 29.1 Å². The number of benzene rings is 2. The summed E-state index contributed by atoms with van der Waals surface area (Å²) in [5.41, 5.74) is 2.71. The van der Waals surface area contributed by atoms with Crippen LogP contribution in [-0.2, 0) is 14.8 Å². The van der Waals surface area contributed by atoms with Crippen molar-refractivity contribution in [2.75, 3.05) is 4.72 Å². The summed E-state index contributed by atoms with van der Waals surface area (Å²) in [7, 11) is -3.79. The average molecular weight is 438 g/mol. The first-order valence-electron chi connectivity index (χ1n) is 10.0. The molecule has 1 aliphatic heterocycles. The number of carbonyl (C=O) groups excluding carboxylic acids is 1. The van der Waals surface area contributed by atoms with Gasteiger partial charge in [0.05, 0.1) is 22.9 Å². The SMILES string of the molecule is CCC(=O)N1N=C(c2ccco2)C[C@@H]1c1ccccc1NS(=O)(=O)c1ccc(C)cc1. The Bertz CT molecular complexity index is 1220. The van der Waals surface area contributed by atoms with E-state index in [4.69, 9.17) is 4.42 Å². The van der Waals surface area contributed by atoms with Gasteiger partial charge in [0.1, 0.15) is 11.5 Å². The number of para-hydroxylation sites is 1. The molecule has 1 aliphatic rings. The first kappa shape index (κ1) is 20.9. The smallest absolute Gasteiger partial charge is 0.261 e. The van der Waals surface area contributed by atoms with E-state index in [9.17, 15) is 13.2 Å². The van der Waals surface area contributed by atoms with Crippen LogP contribution in [0.15, 0.2) is 81.3 Å². The van der Waals surface area contributed by atoms with Gasteiger partial charge >= 0.3 is 0 Å². The van der Waals surface area contributed by atoms with Crippen LogP contribution in [0.5, 0.6) is 0 Å². The highest BCUT2D eigenvalue weighted by Gasteiger charge is 2.35. The predicted molar refractivity (Wildman–Crippen MR) is 118 cm³/mol. The largest absolute Gasteiger partial charge is 0.463 e. The van der Waals surface area contributed by atoms with E-state index in [2.05, 4.69) is 9.82 Å². The first-order valence-corrected chi connectivity index (χ1v) is 11.5. The Kier molecular flexibility index (Phi) is 5.65.